The van der Waals surface area contributed by atoms with Gasteiger partial charge in [0.05, 0.1) is 0 Å². The lowest BCUT2D eigenvalue weighted by molar-refractivity contribution is -0.120. The van der Waals surface area contributed by atoms with Crippen molar-refractivity contribution in [2.75, 3.05) is 13.1 Å². The van der Waals surface area contributed by atoms with Crippen molar-refractivity contribution in [1.82, 2.24) is 10.4 Å². The number of hydrogen-bond donors (Lipinski definition) is 1. The number of carbonyl (C=O) groups is 1. The minimum Gasteiger partial charge on any atom is -0.285 e. The highest BCUT2D eigenvalue weighted by Crippen LogP contribution is 1.83. The molecule has 0 aromatic carbocycles. The highest BCUT2D eigenvalue weighted by Gasteiger charge is 2.01. The van der Waals surface area contributed by atoms with Gasteiger partial charge in [-0.3, -0.25) is 10.2 Å². The number of rotatable bonds is 6. The number of nitrogens with zero attached hydrogens (tertiary/aromatic N) is 1. The zero-order valence-corrected chi connectivity index (χ0v) is 8.35. The van der Waals surface area contributed by atoms with Gasteiger partial charge in [0, 0.05) is 13.1 Å². The standard InChI is InChI=1S/C9H14N2O.ClH/c1-4-7-11(8-5-2)10-9(12)6-3;/h4-6H,1-3,7-8H2,(H,10,12);1H. The molecule has 3 nitrogen and oxygen atoms in total. The molecule has 0 aliphatic heterocycles. The van der Waals surface area contributed by atoms with Gasteiger partial charge in [-0.1, -0.05) is 18.7 Å². The van der Waals surface area contributed by atoms with Gasteiger partial charge in [-0.05, 0) is 6.08 Å². The Morgan fingerprint density at radius 1 is 1.23 bits per heavy atom. The van der Waals surface area contributed by atoms with Crippen LogP contribution in [0.5, 0.6) is 0 Å². The molecular formula is C9H15ClN2O. The van der Waals surface area contributed by atoms with E-state index in [9.17, 15) is 4.79 Å². The van der Waals surface area contributed by atoms with Crippen molar-refractivity contribution >= 4 is 18.3 Å². The molecule has 0 aliphatic carbocycles. The van der Waals surface area contributed by atoms with Crippen LogP contribution in [0.25, 0.3) is 0 Å². The molecule has 0 aromatic rings. The normalized spacial score (nSPS) is 8.38. The molecule has 0 aromatic heterocycles. The van der Waals surface area contributed by atoms with Crippen molar-refractivity contribution in [2.24, 2.45) is 0 Å². The van der Waals surface area contributed by atoms with Gasteiger partial charge in [-0.15, -0.1) is 25.6 Å². The molecule has 1 amide bonds. The Morgan fingerprint density at radius 3 is 2.00 bits per heavy atom. The van der Waals surface area contributed by atoms with Crippen LogP contribution in [0.2, 0.25) is 0 Å². The minimum absolute atomic E-state index is 0. The number of halogens is 1. The van der Waals surface area contributed by atoms with Crippen LogP contribution in [-0.4, -0.2) is 24.0 Å². The monoisotopic (exact) mass is 202 g/mol. The van der Waals surface area contributed by atoms with Crippen LogP contribution in [0.4, 0.5) is 0 Å². The first-order chi connectivity index (χ1) is 5.74. The SMILES string of the molecule is C=CCN(CC=C)NC(=O)C=C.Cl. The summed E-state index contributed by atoms with van der Waals surface area (Å²) in [5.41, 5.74) is 2.60. The van der Waals surface area contributed by atoms with Crippen LogP contribution in [0.3, 0.4) is 0 Å². The maximum Gasteiger partial charge on any atom is 0.257 e. The van der Waals surface area contributed by atoms with Crippen LogP contribution in [-0.2, 0) is 4.79 Å². The topological polar surface area (TPSA) is 32.3 Å². The van der Waals surface area contributed by atoms with Crippen molar-refractivity contribution in [1.29, 1.82) is 0 Å². The Hall–Kier alpha value is -1.06. The molecule has 0 spiro atoms. The number of nitrogens with one attached hydrogen (secondary N) is 1. The zero-order valence-electron chi connectivity index (χ0n) is 7.53. The van der Waals surface area contributed by atoms with Crippen molar-refractivity contribution in [3.05, 3.63) is 38.0 Å². The molecule has 0 saturated heterocycles. The summed E-state index contributed by atoms with van der Waals surface area (Å²) >= 11 is 0. The van der Waals surface area contributed by atoms with Gasteiger partial charge < -0.3 is 0 Å². The number of hydrazine groups is 1. The maximum atomic E-state index is 10.8. The number of hydrogen-bond acceptors (Lipinski definition) is 2. The summed E-state index contributed by atoms with van der Waals surface area (Å²) < 4.78 is 0. The molecule has 0 aliphatic rings. The first-order valence-corrected chi connectivity index (χ1v) is 3.64. The number of amides is 1. The Balaban J connectivity index is 0. The van der Waals surface area contributed by atoms with E-state index in [4.69, 9.17) is 0 Å². The first kappa shape index (κ1) is 14.5. The Labute approximate surface area is 85.2 Å². The summed E-state index contributed by atoms with van der Waals surface area (Å²) in [5.74, 6) is -0.223. The summed E-state index contributed by atoms with van der Waals surface area (Å²) in [6, 6.07) is 0. The van der Waals surface area contributed by atoms with Gasteiger partial charge in [-0.25, -0.2) is 5.01 Å². The van der Waals surface area contributed by atoms with E-state index in [0.717, 1.165) is 0 Å². The average molecular weight is 203 g/mol. The van der Waals surface area contributed by atoms with Gasteiger partial charge in [0.1, 0.15) is 0 Å². The Bertz CT molecular complexity index is 182. The fourth-order valence-corrected chi connectivity index (χ4v) is 0.679. The van der Waals surface area contributed by atoms with Gasteiger partial charge >= 0.3 is 0 Å². The summed E-state index contributed by atoms with van der Waals surface area (Å²) in [6.07, 6.45) is 4.62. The lowest BCUT2D eigenvalue weighted by Crippen LogP contribution is -2.41. The molecule has 0 rings (SSSR count). The van der Waals surface area contributed by atoms with E-state index in [1.54, 1.807) is 17.2 Å². The van der Waals surface area contributed by atoms with E-state index >= 15 is 0 Å². The van der Waals surface area contributed by atoms with Crippen LogP contribution in [0, 0.1) is 0 Å². The Kier molecular flexibility index (Phi) is 10.0. The lowest BCUT2D eigenvalue weighted by atomic mass is 10.5. The second kappa shape index (κ2) is 9.03. The van der Waals surface area contributed by atoms with Gasteiger partial charge in [-0.2, -0.15) is 0 Å². The molecule has 0 bridgehead atoms. The average Bonchev–Trinajstić information content (AvgIpc) is 2.05. The fourth-order valence-electron chi connectivity index (χ4n) is 0.679. The molecule has 0 saturated carbocycles. The summed E-state index contributed by atoms with van der Waals surface area (Å²) in [4.78, 5) is 10.8. The predicted molar refractivity (Wildman–Crippen MR) is 57.6 cm³/mol. The summed E-state index contributed by atoms with van der Waals surface area (Å²) in [7, 11) is 0. The lowest BCUT2D eigenvalue weighted by Gasteiger charge is -2.18. The van der Waals surface area contributed by atoms with Crippen molar-refractivity contribution in [3.63, 3.8) is 0 Å². The van der Waals surface area contributed by atoms with Gasteiger partial charge in [0.25, 0.3) is 5.91 Å². The van der Waals surface area contributed by atoms with Crippen molar-refractivity contribution in [2.45, 2.75) is 0 Å². The molecule has 1 N–H and O–H groups in total. The van der Waals surface area contributed by atoms with E-state index < -0.39 is 0 Å². The second-order valence-electron chi connectivity index (χ2n) is 2.16. The van der Waals surface area contributed by atoms with Crippen LogP contribution in [0.1, 0.15) is 0 Å². The molecule has 0 radical (unpaired) electrons. The summed E-state index contributed by atoms with van der Waals surface area (Å²) in [6.45, 7) is 11.6. The molecule has 0 fully saturated rings. The third kappa shape index (κ3) is 7.31. The molecule has 13 heavy (non-hydrogen) atoms. The van der Waals surface area contributed by atoms with E-state index in [-0.39, 0.29) is 18.3 Å². The molecule has 4 heteroatoms. The van der Waals surface area contributed by atoms with Crippen LogP contribution in [0.15, 0.2) is 38.0 Å². The number of carbonyl (C=O) groups excluding carboxylic acids is 1. The molecule has 0 heterocycles. The summed E-state index contributed by atoms with van der Waals surface area (Å²) in [5, 5.41) is 1.68. The van der Waals surface area contributed by atoms with Gasteiger partial charge in [0.2, 0.25) is 0 Å². The molecular weight excluding hydrogens is 188 g/mol. The maximum absolute atomic E-state index is 10.8. The quantitative estimate of drug-likeness (QED) is 0.400. The zero-order chi connectivity index (χ0) is 9.40. The second-order valence-corrected chi connectivity index (χ2v) is 2.16. The van der Waals surface area contributed by atoms with E-state index in [1.165, 1.54) is 6.08 Å². The van der Waals surface area contributed by atoms with E-state index in [1.807, 2.05) is 0 Å². The fraction of sp³-hybridized carbons (Fsp3) is 0.222. The first-order valence-electron chi connectivity index (χ1n) is 3.64. The molecule has 0 unspecified atom stereocenters. The predicted octanol–water partition coefficient (Wildman–Crippen LogP) is 1.30. The van der Waals surface area contributed by atoms with Crippen LogP contribution >= 0.6 is 12.4 Å². The van der Waals surface area contributed by atoms with Crippen LogP contribution < -0.4 is 5.43 Å². The van der Waals surface area contributed by atoms with Crippen molar-refractivity contribution in [3.8, 4) is 0 Å². The highest BCUT2D eigenvalue weighted by atomic mass is 35.5. The van der Waals surface area contributed by atoms with Gasteiger partial charge in [0.15, 0.2) is 0 Å². The molecule has 74 valence electrons. The minimum atomic E-state index is -0.223. The third-order valence-electron chi connectivity index (χ3n) is 1.15. The smallest absolute Gasteiger partial charge is 0.257 e. The van der Waals surface area contributed by atoms with E-state index in [2.05, 4.69) is 25.2 Å². The van der Waals surface area contributed by atoms with E-state index in [0.29, 0.717) is 13.1 Å². The Morgan fingerprint density at radius 2 is 1.69 bits per heavy atom. The highest BCUT2D eigenvalue weighted by molar-refractivity contribution is 5.86. The van der Waals surface area contributed by atoms with Crippen molar-refractivity contribution < 1.29 is 4.79 Å². The molecule has 0 atom stereocenters. The third-order valence-corrected chi connectivity index (χ3v) is 1.15. The largest absolute Gasteiger partial charge is 0.285 e.